The second-order valence-corrected chi connectivity index (χ2v) is 6.59. The molecule has 1 heterocycles. The molecule has 0 saturated heterocycles. The third-order valence-electron chi connectivity index (χ3n) is 3.19. The molecule has 1 aromatic heterocycles. The molecule has 0 radical (unpaired) electrons. The number of amides is 1. The molecule has 3 nitrogen and oxygen atoms in total. The van der Waals surface area contributed by atoms with Gasteiger partial charge >= 0.3 is 0 Å². The molecule has 0 aliphatic carbocycles. The van der Waals surface area contributed by atoms with Gasteiger partial charge in [-0.05, 0) is 50.4 Å². The molecule has 21 heavy (non-hydrogen) atoms. The van der Waals surface area contributed by atoms with Gasteiger partial charge in [0.05, 0.1) is 10.4 Å². The van der Waals surface area contributed by atoms with Crippen molar-refractivity contribution in [1.82, 2.24) is 4.90 Å². The molecule has 1 amide bonds. The summed E-state index contributed by atoms with van der Waals surface area (Å²) in [5, 5.41) is 2.77. The zero-order valence-electron chi connectivity index (χ0n) is 11.8. The molecule has 1 aromatic carbocycles. The Labute approximate surface area is 132 Å². The second kappa shape index (κ2) is 7.02. The molecule has 1 atom stereocenters. The van der Waals surface area contributed by atoms with Crippen molar-refractivity contribution in [2.75, 3.05) is 12.4 Å². The predicted molar refractivity (Wildman–Crippen MR) is 85.3 cm³/mol. The van der Waals surface area contributed by atoms with Crippen LogP contribution in [0.15, 0.2) is 36.4 Å². The topological polar surface area (TPSA) is 32.3 Å². The number of nitrogens with one attached hydrogen (secondary N) is 1. The molecular weight excluding hydrogens is 311 g/mol. The Morgan fingerprint density at radius 1 is 1.33 bits per heavy atom. The number of nitrogens with zero attached hydrogens (tertiary/aromatic N) is 1. The molecule has 0 aliphatic heterocycles. The molecule has 0 spiro atoms. The number of rotatable bonds is 5. The van der Waals surface area contributed by atoms with E-state index < -0.39 is 0 Å². The van der Waals surface area contributed by atoms with E-state index in [1.54, 1.807) is 12.1 Å². The number of carbonyl (C=O) groups is 1. The van der Waals surface area contributed by atoms with Gasteiger partial charge in [-0.3, -0.25) is 9.69 Å². The van der Waals surface area contributed by atoms with E-state index in [1.165, 1.54) is 23.5 Å². The lowest BCUT2D eigenvalue weighted by Gasteiger charge is -2.23. The lowest BCUT2D eigenvalue weighted by atomic mass is 10.2. The van der Waals surface area contributed by atoms with Gasteiger partial charge in [0.1, 0.15) is 5.82 Å². The van der Waals surface area contributed by atoms with Crippen LogP contribution in [0.5, 0.6) is 0 Å². The fraction of sp³-hybridized carbons (Fsp3) is 0.267. The van der Waals surface area contributed by atoms with E-state index in [2.05, 4.69) is 5.32 Å². The van der Waals surface area contributed by atoms with Gasteiger partial charge < -0.3 is 5.32 Å². The van der Waals surface area contributed by atoms with Gasteiger partial charge in [-0.1, -0.05) is 11.6 Å². The number of hydrogen-bond donors (Lipinski definition) is 1. The van der Waals surface area contributed by atoms with E-state index in [9.17, 15) is 9.18 Å². The van der Waals surface area contributed by atoms with Crippen molar-refractivity contribution in [3.05, 3.63) is 51.4 Å². The Balaban J connectivity index is 1.93. The second-order valence-electron chi connectivity index (χ2n) is 4.79. The zero-order chi connectivity index (χ0) is 15.4. The lowest BCUT2D eigenvalue weighted by Crippen LogP contribution is -2.39. The summed E-state index contributed by atoms with van der Waals surface area (Å²) in [6.07, 6.45) is 0. The largest absolute Gasteiger partial charge is 0.325 e. The van der Waals surface area contributed by atoms with E-state index in [4.69, 9.17) is 11.6 Å². The summed E-state index contributed by atoms with van der Waals surface area (Å²) < 4.78 is 13.6. The van der Waals surface area contributed by atoms with Gasteiger partial charge in [0, 0.05) is 17.1 Å². The van der Waals surface area contributed by atoms with Crippen LogP contribution in [0.25, 0.3) is 0 Å². The summed E-state index contributed by atoms with van der Waals surface area (Å²) in [6.45, 7) is 2.48. The summed E-state index contributed by atoms with van der Waals surface area (Å²) in [5.41, 5.74) is 0.584. The van der Waals surface area contributed by atoms with Crippen molar-refractivity contribution >= 4 is 34.5 Å². The van der Waals surface area contributed by atoms with Gasteiger partial charge in [0.25, 0.3) is 0 Å². The van der Waals surface area contributed by atoms with E-state index >= 15 is 0 Å². The third-order valence-corrected chi connectivity index (χ3v) is 4.40. The van der Waals surface area contributed by atoms with Crippen LogP contribution < -0.4 is 5.32 Å². The first-order chi connectivity index (χ1) is 9.95. The van der Waals surface area contributed by atoms with Crippen molar-refractivity contribution in [3.8, 4) is 0 Å². The first-order valence-electron chi connectivity index (χ1n) is 6.46. The number of likely N-dealkylation sites (N-methyl/N-ethyl adjacent to an activating group) is 1. The summed E-state index contributed by atoms with van der Waals surface area (Å²) >= 11 is 7.40. The number of anilines is 1. The van der Waals surface area contributed by atoms with Crippen LogP contribution in [-0.4, -0.2) is 23.9 Å². The quantitative estimate of drug-likeness (QED) is 0.900. The van der Waals surface area contributed by atoms with Crippen LogP contribution in [0, 0.1) is 5.82 Å². The standard InChI is InChI=1S/C15H16ClFN2OS/c1-10(19(2)9-13-7-8-14(16)21-13)15(20)18-12-5-3-11(17)4-6-12/h3-8,10H,9H2,1-2H3,(H,18,20)/t10-/m0/s1. The Bertz CT molecular complexity index is 614. The molecule has 2 rings (SSSR count). The fourth-order valence-electron chi connectivity index (χ4n) is 1.80. The highest BCUT2D eigenvalue weighted by Gasteiger charge is 2.18. The first-order valence-corrected chi connectivity index (χ1v) is 7.66. The van der Waals surface area contributed by atoms with Gasteiger partial charge in [-0.2, -0.15) is 0 Å². The minimum atomic E-state index is -0.326. The summed E-state index contributed by atoms with van der Waals surface area (Å²) in [7, 11) is 1.88. The fourth-order valence-corrected chi connectivity index (χ4v) is 2.95. The summed E-state index contributed by atoms with van der Waals surface area (Å²) in [4.78, 5) is 15.2. The molecule has 6 heteroatoms. The predicted octanol–water partition coefficient (Wildman–Crippen LogP) is 4.00. The number of thiophene rings is 1. The van der Waals surface area contributed by atoms with Crippen molar-refractivity contribution in [2.24, 2.45) is 0 Å². The molecule has 0 unspecified atom stereocenters. The molecular formula is C15H16ClFN2OS. The van der Waals surface area contributed by atoms with E-state index in [0.29, 0.717) is 12.2 Å². The van der Waals surface area contributed by atoms with Crippen LogP contribution in [0.1, 0.15) is 11.8 Å². The summed E-state index contributed by atoms with van der Waals surface area (Å²) in [5.74, 6) is -0.459. The number of benzene rings is 1. The smallest absolute Gasteiger partial charge is 0.241 e. The molecule has 112 valence electrons. The molecule has 0 aliphatic rings. The van der Waals surface area contributed by atoms with Crippen molar-refractivity contribution in [1.29, 1.82) is 0 Å². The van der Waals surface area contributed by atoms with Crippen LogP contribution in [0.2, 0.25) is 4.34 Å². The van der Waals surface area contributed by atoms with Gasteiger partial charge in [0.15, 0.2) is 0 Å². The minimum Gasteiger partial charge on any atom is -0.325 e. The van der Waals surface area contributed by atoms with Crippen LogP contribution >= 0.6 is 22.9 Å². The maximum absolute atomic E-state index is 12.8. The first kappa shape index (κ1) is 15.9. The van der Waals surface area contributed by atoms with Crippen LogP contribution in [0.4, 0.5) is 10.1 Å². The molecule has 2 aromatic rings. The van der Waals surface area contributed by atoms with Crippen molar-refractivity contribution in [2.45, 2.75) is 19.5 Å². The highest BCUT2D eigenvalue weighted by atomic mass is 35.5. The van der Waals surface area contributed by atoms with Gasteiger partial charge in [0.2, 0.25) is 5.91 Å². The minimum absolute atomic E-state index is 0.133. The average molecular weight is 327 g/mol. The van der Waals surface area contributed by atoms with Gasteiger partial charge in [-0.25, -0.2) is 4.39 Å². The highest BCUT2D eigenvalue weighted by Crippen LogP contribution is 2.23. The Hall–Kier alpha value is -1.43. The number of carbonyl (C=O) groups excluding carboxylic acids is 1. The van der Waals surface area contributed by atoms with Crippen LogP contribution in [-0.2, 0) is 11.3 Å². The molecule has 0 fully saturated rings. The average Bonchev–Trinajstić information content (AvgIpc) is 2.85. The van der Waals surface area contributed by atoms with Crippen molar-refractivity contribution < 1.29 is 9.18 Å². The monoisotopic (exact) mass is 326 g/mol. The lowest BCUT2D eigenvalue weighted by molar-refractivity contribution is -0.120. The Morgan fingerprint density at radius 2 is 2.00 bits per heavy atom. The third kappa shape index (κ3) is 4.52. The molecule has 1 N–H and O–H groups in total. The zero-order valence-corrected chi connectivity index (χ0v) is 13.3. The maximum Gasteiger partial charge on any atom is 0.241 e. The van der Waals surface area contributed by atoms with E-state index in [1.807, 2.05) is 31.0 Å². The Morgan fingerprint density at radius 3 is 2.57 bits per heavy atom. The molecule has 0 saturated carbocycles. The molecule has 0 bridgehead atoms. The number of hydrogen-bond acceptors (Lipinski definition) is 3. The van der Waals surface area contributed by atoms with Crippen LogP contribution in [0.3, 0.4) is 0 Å². The normalized spacial score (nSPS) is 12.4. The van der Waals surface area contributed by atoms with Gasteiger partial charge in [-0.15, -0.1) is 11.3 Å². The summed E-state index contributed by atoms with van der Waals surface area (Å²) in [6, 6.07) is 9.20. The SMILES string of the molecule is C[C@@H](C(=O)Nc1ccc(F)cc1)N(C)Cc1ccc(Cl)s1. The Kier molecular flexibility index (Phi) is 5.33. The van der Waals surface area contributed by atoms with E-state index in [-0.39, 0.29) is 17.8 Å². The van der Waals surface area contributed by atoms with E-state index in [0.717, 1.165) is 9.21 Å². The number of halogens is 2. The maximum atomic E-state index is 12.8. The van der Waals surface area contributed by atoms with Crippen molar-refractivity contribution in [3.63, 3.8) is 0 Å². The highest BCUT2D eigenvalue weighted by molar-refractivity contribution is 7.16.